The predicted molar refractivity (Wildman–Crippen MR) is 72.2 cm³/mol. The Morgan fingerprint density at radius 1 is 1.20 bits per heavy atom. The largest absolute Gasteiger partial charge is 0.467 e. The lowest BCUT2D eigenvalue weighted by molar-refractivity contribution is 0.482. The van der Waals surface area contributed by atoms with Crippen LogP contribution in [0, 0.1) is 11.6 Å². The van der Waals surface area contributed by atoms with Crippen molar-refractivity contribution in [1.29, 1.82) is 0 Å². The number of rotatable bonds is 5. The molecule has 1 fully saturated rings. The van der Waals surface area contributed by atoms with Crippen LogP contribution in [0.3, 0.4) is 0 Å². The lowest BCUT2D eigenvalue weighted by atomic mass is 10.1. The number of hydrogen-bond acceptors (Lipinski definition) is 3. The van der Waals surface area contributed by atoms with Gasteiger partial charge in [0, 0.05) is 18.2 Å². The number of benzene rings is 1. The minimum atomic E-state index is -0.852. The third kappa shape index (κ3) is 2.41. The summed E-state index contributed by atoms with van der Waals surface area (Å²) in [5, 5.41) is 0. The van der Waals surface area contributed by atoms with E-state index in [1.807, 2.05) is 11.0 Å². The summed E-state index contributed by atoms with van der Waals surface area (Å²) < 4.78 is 33.4. The summed E-state index contributed by atoms with van der Waals surface area (Å²) >= 11 is 0. The second kappa shape index (κ2) is 5.25. The van der Waals surface area contributed by atoms with E-state index in [0.29, 0.717) is 6.54 Å². The monoisotopic (exact) mass is 278 g/mol. The van der Waals surface area contributed by atoms with Crippen LogP contribution in [-0.4, -0.2) is 6.04 Å². The molecule has 5 heteroatoms. The maximum Gasteiger partial charge on any atom is 0.182 e. The zero-order valence-electron chi connectivity index (χ0n) is 11.0. The number of furan rings is 1. The van der Waals surface area contributed by atoms with Gasteiger partial charge in [-0.05, 0) is 31.0 Å². The SMILES string of the molecule is NCc1ccc(N(Cc2ccco2)C2CC2)c(F)c1F. The molecular weight excluding hydrogens is 262 g/mol. The highest BCUT2D eigenvalue weighted by atomic mass is 19.2. The number of nitrogens with two attached hydrogens (primary N) is 1. The third-order valence-corrected chi connectivity index (χ3v) is 3.57. The first-order chi connectivity index (χ1) is 9.70. The second-order valence-electron chi connectivity index (χ2n) is 5.01. The third-order valence-electron chi connectivity index (χ3n) is 3.57. The Bertz CT molecular complexity index is 594. The molecule has 0 bridgehead atoms. The van der Waals surface area contributed by atoms with E-state index in [0.717, 1.165) is 18.6 Å². The molecule has 2 N–H and O–H groups in total. The van der Waals surface area contributed by atoms with Crippen LogP contribution in [0.15, 0.2) is 34.9 Å². The predicted octanol–water partition coefficient (Wildman–Crippen LogP) is 3.19. The quantitative estimate of drug-likeness (QED) is 0.913. The first-order valence-electron chi connectivity index (χ1n) is 6.66. The van der Waals surface area contributed by atoms with Crippen molar-refractivity contribution in [2.75, 3.05) is 4.90 Å². The molecule has 1 saturated carbocycles. The van der Waals surface area contributed by atoms with Gasteiger partial charge in [-0.25, -0.2) is 8.78 Å². The van der Waals surface area contributed by atoms with Crippen molar-refractivity contribution in [3.8, 4) is 0 Å². The van der Waals surface area contributed by atoms with Crippen molar-refractivity contribution in [2.24, 2.45) is 5.73 Å². The van der Waals surface area contributed by atoms with Crippen LogP contribution in [0.2, 0.25) is 0 Å². The molecule has 1 aliphatic rings. The van der Waals surface area contributed by atoms with Crippen molar-refractivity contribution in [3.63, 3.8) is 0 Å². The lowest BCUT2D eigenvalue weighted by Crippen LogP contribution is -2.26. The van der Waals surface area contributed by atoms with Gasteiger partial charge in [-0.3, -0.25) is 0 Å². The van der Waals surface area contributed by atoms with E-state index >= 15 is 0 Å². The molecular formula is C15H16F2N2O. The Morgan fingerprint density at radius 2 is 2.00 bits per heavy atom. The molecule has 0 atom stereocenters. The summed E-state index contributed by atoms with van der Waals surface area (Å²) in [5.41, 5.74) is 5.86. The Labute approximate surface area is 116 Å². The first kappa shape index (κ1) is 13.1. The second-order valence-corrected chi connectivity index (χ2v) is 5.01. The van der Waals surface area contributed by atoms with Gasteiger partial charge in [-0.1, -0.05) is 6.07 Å². The molecule has 2 aromatic rings. The van der Waals surface area contributed by atoms with Crippen LogP contribution in [0.25, 0.3) is 0 Å². The van der Waals surface area contributed by atoms with E-state index in [1.54, 1.807) is 24.5 Å². The van der Waals surface area contributed by atoms with Crippen molar-refractivity contribution >= 4 is 5.69 Å². The minimum absolute atomic E-state index is 0.00928. The molecule has 0 spiro atoms. The Morgan fingerprint density at radius 3 is 2.60 bits per heavy atom. The average molecular weight is 278 g/mol. The Balaban J connectivity index is 1.93. The summed E-state index contributed by atoms with van der Waals surface area (Å²) in [4.78, 5) is 1.86. The molecule has 3 nitrogen and oxygen atoms in total. The first-order valence-corrected chi connectivity index (χ1v) is 6.66. The maximum absolute atomic E-state index is 14.2. The molecule has 0 aliphatic heterocycles. The van der Waals surface area contributed by atoms with Gasteiger partial charge in [0.1, 0.15) is 5.76 Å². The molecule has 0 amide bonds. The van der Waals surface area contributed by atoms with E-state index in [-0.39, 0.29) is 23.8 Å². The molecule has 0 saturated heterocycles. The number of nitrogens with zero attached hydrogens (tertiary/aromatic N) is 1. The van der Waals surface area contributed by atoms with Gasteiger partial charge in [0.15, 0.2) is 11.6 Å². The number of halogens is 2. The van der Waals surface area contributed by atoms with E-state index in [4.69, 9.17) is 10.2 Å². The fourth-order valence-corrected chi connectivity index (χ4v) is 2.33. The topological polar surface area (TPSA) is 42.4 Å². The van der Waals surface area contributed by atoms with Gasteiger partial charge in [0.2, 0.25) is 0 Å². The lowest BCUT2D eigenvalue weighted by Gasteiger charge is -2.24. The van der Waals surface area contributed by atoms with Crippen molar-refractivity contribution in [2.45, 2.75) is 32.0 Å². The molecule has 0 radical (unpaired) electrons. The molecule has 106 valence electrons. The average Bonchev–Trinajstić information content (AvgIpc) is 3.17. The summed E-state index contributed by atoms with van der Waals surface area (Å²) in [6.45, 7) is 0.431. The van der Waals surface area contributed by atoms with Crippen LogP contribution in [0.1, 0.15) is 24.2 Å². The van der Waals surface area contributed by atoms with Crippen LogP contribution in [0.5, 0.6) is 0 Å². The highest BCUT2D eigenvalue weighted by Crippen LogP contribution is 2.35. The highest BCUT2D eigenvalue weighted by Gasteiger charge is 2.32. The highest BCUT2D eigenvalue weighted by molar-refractivity contribution is 5.52. The summed E-state index contributed by atoms with van der Waals surface area (Å²) in [6, 6.07) is 7.01. The zero-order chi connectivity index (χ0) is 14.1. The van der Waals surface area contributed by atoms with Gasteiger partial charge >= 0.3 is 0 Å². The molecule has 1 aliphatic carbocycles. The van der Waals surface area contributed by atoms with Crippen molar-refractivity contribution in [1.82, 2.24) is 0 Å². The molecule has 3 rings (SSSR count). The summed E-state index contributed by atoms with van der Waals surface area (Å²) in [7, 11) is 0. The Kier molecular flexibility index (Phi) is 3.44. The zero-order valence-corrected chi connectivity index (χ0v) is 11.0. The molecule has 20 heavy (non-hydrogen) atoms. The van der Waals surface area contributed by atoms with Crippen molar-refractivity contribution in [3.05, 3.63) is 53.5 Å². The fourth-order valence-electron chi connectivity index (χ4n) is 2.33. The minimum Gasteiger partial charge on any atom is -0.467 e. The van der Waals surface area contributed by atoms with E-state index in [2.05, 4.69) is 0 Å². The van der Waals surface area contributed by atoms with Gasteiger partial charge in [-0.15, -0.1) is 0 Å². The normalized spacial score (nSPS) is 14.6. The summed E-state index contributed by atoms with van der Waals surface area (Å²) in [6.07, 6.45) is 3.55. The maximum atomic E-state index is 14.2. The molecule has 1 aromatic carbocycles. The van der Waals surface area contributed by atoms with Gasteiger partial charge in [0.05, 0.1) is 18.5 Å². The van der Waals surface area contributed by atoms with E-state index < -0.39 is 11.6 Å². The van der Waals surface area contributed by atoms with Crippen LogP contribution >= 0.6 is 0 Å². The Hall–Kier alpha value is -1.88. The summed E-state index contributed by atoms with van der Waals surface area (Å²) in [5.74, 6) is -0.943. The molecule has 1 heterocycles. The van der Waals surface area contributed by atoms with Gasteiger partial charge in [0.25, 0.3) is 0 Å². The molecule has 0 unspecified atom stereocenters. The standard InChI is InChI=1S/C15H16F2N2O/c16-14-10(8-18)3-6-13(15(14)17)19(11-4-5-11)9-12-2-1-7-20-12/h1-3,6-7,11H,4-5,8-9,18H2. The van der Waals surface area contributed by atoms with E-state index in [1.165, 1.54) is 0 Å². The smallest absolute Gasteiger partial charge is 0.182 e. The van der Waals surface area contributed by atoms with Crippen LogP contribution in [-0.2, 0) is 13.1 Å². The van der Waals surface area contributed by atoms with Gasteiger partial charge < -0.3 is 15.1 Å². The number of anilines is 1. The van der Waals surface area contributed by atoms with Gasteiger partial charge in [-0.2, -0.15) is 0 Å². The van der Waals surface area contributed by atoms with E-state index in [9.17, 15) is 8.78 Å². The number of hydrogen-bond donors (Lipinski definition) is 1. The van der Waals surface area contributed by atoms with Crippen LogP contribution in [0.4, 0.5) is 14.5 Å². The van der Waals surface area contributed by atoms with Crippen LogP contribution < -0.4 is 10.6 Å². The molecule has 1 aromatic heterocycles. The fraction of sp³-hybridized carbons (Fsp3) is 0.333. The van der Waals surface area contributed by atoms with Crippen molar-refractivity contribution < 1.29 is 13.2 Å².